The van der Waals surface area contributed by atoms with Gasteiger partial charge in [0.25, 0.3) is 0 Å². The molecule has 13 heavy (non-hydrogen) atoms. The normalized spacial score (nSPS) is 42.9. The van der Waals surface area contributed by atoms with Crippen molar-refractivity contribution in [3.05, 3.63) is 0 Å². The van der Waals surface area contributed by atoms with Gasteiger partial charge in [0, 0.05) is 18.8 Å². The van der Waals surface area contributed by atoms with Crippen LogP contribution in [-0.2, 0) is 0 Å². The van der Waals surface area contributed by atoms with E-state index in [4.69, 9.17) is 0 Å². The van der Waals surface area contributed by atoms with Crippen LogP contribution in [0.2, 0.25) is 0 Å². The number of aliphatic hydroxyl groups is 1. The van der Waals surface area contributed by atoms with Gasteiger partial charge in [-0.2, -0.15) is 0 Å². The maximum absolute atomic E-state index is 9.78. The van der Waals surface area contributed by atoms with Crippen molar-refractivity contribution in [1.82, 2.24) is 0 Å². The van der Waals surface area contributed by atoms with Crippen LogP contribution in [0.3, 0.4) is 0 Å². The summed E-state index contributed by atoms with van der Waals surface area (Å²) in [6, 6.07) is 0. The lowest BCUT2D eigenvalue weighted by Gasteiger charge is -2.51. The van der Waals surface area contributed by atoms with Crippen LogP contribution in [0.25, 0.3) is 0 Å². The van der Waals surface area contributed by atoms with Gasteiger partial charge in [0.05, 0.1) is 19.6 Å². The molecule has 3 aliphatic heterocycles. The second kappa shape index (κ2) is 4.28. The summed E-state index contributed by atoms with van der Waals surface area (Å²) >= 11 is 0. The van der Waals surface area contributed by atoms with Crippen molar-refractivity contribution < 1.29 is 26.6 Å². The third kappa shape index (κ3) is 2.08. The number of aliphatic hydroxyl groups excluding tert-OH is 1. The quantitative estimate of drug-likeness (QED) is 0.562. The Balaban J connectivity index is 0.000000845. The highest BCUT2D eigenvalue weighted by atomic mass is 79.9. The fourth-order valence-electron chi connectivity index (χ4n) is 3.04. The Morgan fingerprint density at radius 2 is 1.92 bits per heavy atom. The van der Waals surface area contributed by atoms with Crippen LogP contribution in [0.5, 0.6) is 0 Å². The average Bonchev–Trinajstić information content (AvgIpc) is 2.05. The van der Waals surface area contributed by atoms with Gasteiger partial charge in [-0.15, -0.1) is 0 Å². The largest absolute Gasteiger partial charge is 1.00 e. The van der Waals surface area contributed by atoms with Crippen LogP contribution in [0.1, 0.15) is 26.2 Å². The van der Waals surface area contributed by atoms with Crippen molar-refractivity contribution >= 4 is 0 Å². The van der Waals surface area contributed by atoms with E-state index in [1.165, 1.54) is 43.4 Å². The third-order valence-electron chi connectivity index (χ3n) is 3.76. The van der Waals surface area contributed by atoms with Gasteiger partial charge in [0.1, 0.15) is 12.6 Å². The smallest absolute Gasteiger partial charge is 0.106 e. The minimum atomic E-state index is 0. The Bertz CT molecular complexity index is 161. The van der Waals surface area contributed by atoms with Gasteiger partial charge in [-0.1, -0.05) is 6.92 Å². The molecule has 2 bridgehead atoms. The molecule has 0 aromatic rings. The zero-order valence-corrected chi connectivity index (χ0v) is 9.96. The number of halogens is 1. The molecule has 3 heterocycles. The van der Waals surface area contributed by atoms with Crippen molar-refractivity contribution in [2.24, 2.45) is 5.92 Å². The monoisotopic (exact) mass is 249 g/mol. The number of piperidine rings is 3. The molecule has 2 nitrogen and oxygen atoms in total. The van der Waals surface area contributed by atoms with Gasteiger partial charge in [0.15, 0.2) is 0 Å². The molecule has 0 spiro atoms. The van der Waals surface area contributed by atoms with E-state index >= 15 is 0 Å². The van der Waals surface area contributed by atoms with Gasteiger partial charge in [-0.25, -0.2) is 0 Å². The van der Waals surface area contributed by atoms with E-state index < -0.39 is 0 Å². The highest BCUT2D eigenvalue weighted by Crippen LogP contribution is 2.33. The molecule has 3 rings (SSSR count). The van der Waals surface area contributed by atoms with E-state index in [2.05, 4.69) is 6.92 Å². The first-order valence-electron chi connectivity index (χ1n) is 5.29. The van der Waals surface area contributed by atoms with Crippen molar-refractivity contribution in [2.45, 2.75) is 32.3 Å². The minimum absolute atomic E-state index is 0. The number of quaternary nitrogens is 1. The summed E-state index contributed by atoms with van der Waals surface area (Å²) < 4.78 is 1.22. The average molecular weight is 250 g/mol. The van der Waals surface area contributed by atoms with Gasteiger partial charge < -0.3 is 26.6 Å². The Morgan fingerprint density at radius 3 is 2.38 bits per heavy atom. The molecule has 0 aliphatic carbocycles. The van der Waals surface area contributed by atoms with Crippen molar-refractivity contribution in [1.29, 1.82) is 0 Å². The Labute approximate surface area is 91.3 Å². The van der Waals surface area contributed by atoms with E-state index in [-0.39, 0.29) is 23.1 Å². The summed E-state index contributed by atoms with van der Waals surface area (Å²) in [6.07, 6.45) is 3.80. The van der Waals surface area contributed by atoms with Crippen molar-refractivity contribution in [3.63, 3.8) is 0 Å². The lowest BCUT2D eigenvalue weighted by Crippen LogP contribution is -3.00. The first kappa shape index (κ1) is 11.5. The minimum Gasteiger partial charge on any atom is -1.00 e. The lowest BCUT2D eigenvalue weighted by atomic mass is 9.83. The summed E-state index contributed by atoms with van der Waals surface area (Å²) in [6.45, 7) is 7.23. The number of rotatable bonds is 2. The lowest BCUT2D eigenvalue weighted by molar-refractivity contribution is -0.946. The van der Waals surface area contributed by atoms with Crippen LogP contribution in [0.4, 0.5) is 0 Å². The Hall–Kier alpha value is 0.400. The molecule has 3 heteroatoms. The molecule has 0 aromatic heterocycles. The fraction of sp³-hybridized carbons (Fsp3) is 1.00. The van der Waals surface area contributed by atoms with Crippen molar-refractivity contribution in [2.75, 3.05) is 26.2 Å². The first-order chi connectivity index (χ1) is 5.76. The molecule has 1 atom stereocenters. The van der Waals surface area contributed by atoms with E-state index in [0.717, 1.165) is 6.54 Å². The number of nitrogens with zero attached hydrogens (tertiary/aromatic N) is 1. The summed E-state index contributed by atoms with van der Waals surface area (Å²) in [5, 5.41) is 9.78. The van der Waals surface area contributed by atoms with Gasteiger partial charge >= 0.3 is 0 Å². The van der Waals surface area contributed by atoms with Crippen LogP contribution in [0, 0.1) is 5.92 Å². The maximum Gasteiger partial charge on any atom is 0.106 e. The molecule has 3 aliphatic rings. The van der Waals surface area contributed by atoms with Gasteiger partial charge in [-0.3, -0.25) is 0 Å². The Kier molecular flexibility index (Phi) is 3.78. The van der Waals surface area contributed by atoms with E-state index in [1.807, 2.05) is 0 Å². The molecule has 0 radical (unpaired) electrons. The van der Waals surface area contributed by atoms with Crippen LogP contribution in [-0.4, -0.2) is 41.9 Å². The SMILES string of the molecule is CCC[N+]12CCC(CC1)C(O)C2.[Br-]. The fourth-order valence-corrected chi connectivity index (χ4v) is 3.04. The van der Waals surface area contributed by atoms with E-state index in [9.17, 15) is 5.11 Å². The molecule has 3 fully saturated rings. The first-order valence-corrected chi connectivity index (χ1v) is 5.29. The third-order valence-corrected chi connectivity index (χ3v) is 3.76. The molecular weight excluding hydrogens is 230 g/mol. The molecule has 1 unspecified atom stereocenters. The highest BCUT2D eigenvalue weighted by Gasteiger charge is 2.44. The summed E-state index contributed by atoms with van der Waals surface area (Å²) in [5.41, 5.74) is 0. The number of hydrogen-bond donors (Lipinski definition) is 1. The van der Waals surface area contributed by atoms with E-state index in [1.54, 1.807) is 0 Å². The molecule has 0 aromatic carbocycles. The number of fused-ring (bicyclic) bond motifs is 3. The predicted molar refractivity (Wildman–Crippen MR) is 48.8 cm³/mol. The van der Waals surface area contributed by atoms with Crippen molar-refractivity contribution in [3.8, 4) is 0 Å². The molecule has 1 N–H and O–H groups in total. The molecule has 0 saturated carbocycles. The molecule has 78 valence electrons. The highest BCUT2D eigenvalue weighted by molar-refractivity contribution is 4.79. The van der Waals surface area contributed by atoms with Gasteiger partial charge in [0.2, 0.25) is 0 Å². The number of hydrogen-bond acceptors (Lipinski definition) is 1. The Morgan fingerprint density at radius 1 is 1.31 bits per heavy atom. The maximum atomic E-state index is 9.78. The van der Waals surface area contributed by atoms with Gasteiger partial charge in [-0.05, 0) is 6.42 Å². The second-order valence-corrected chi connectivity index (χ2v) is 4.60. The molecule has 3 saturated heterocycles. The zero-order chi connectivity index (χ0) is 8.60. The topological polar surface area (TPSA) is 20.2 Å². The second-order valence-electron chi connectivity index (χ2n) is 4.60. The van der Waals surface area contributed by atoms with Crippen LogP contribution >= 0.6 is 0 Å². The predicted octanol–water partition coefficient (Wildman–Crippen LogP) is -2.00. The molecular formula is C10H20BrNO. The summed E-state index contributed by atoms with van der Waals surface area (Å²) in [5.74, 6) is 0.641. The van der Waals surface area contributed by atoms with E-state index in [0.29, 0.717) is 5.92 Å². The summed E-state index contributed by atoms with van der Waals surface area (Å²) in [4.78, 5) is 0. The van der Waals surface area contributed by atoms with Crippen LogP contribution in [0.15, 0.2) is 0 Å². The standard InChI is InChI=1S/C10H20NO.BrH/c1-2-5-11-6-3-9(4-7-11)10(12)8-11;/h9-10,12H,2-8H2,1H3;1H/q+1;/p-1. The zero-order valence-electron chi connectivity index (χ0n) is 8.38. The molecule has 0 amide bonds. The van der Waals surface area contributed by atoms with Crippen LogP contribution < -0.4 is 17.0 Å². The summed E-state index contributed by atoms with van der Waals surface area (Å²) in [7, 11) is 0.